The van der Waals surface area contributed by atoms with Gasteiger partial charge in [0.2, 0.25) is 5.91 Å². The Morgan fingerprint density at radius 3 is 2.72 bits per heavy atom. The molecule has 5 nitrogen and oxygen atoms in total. The molecule has 0 spiro atoms. The molecule has 0 unspecified atom stereocenters. The minimum absolute atomic E-state index is 0.231. The lowest BCUT2D eigenvalue weighted by atomic mass is 10.2. The summed E-state index contributed by atoms with van der Waals surface area (Å²) in [6, 6.07) is 9.59. The first-order valence-electron chi connectivity index (χ1n) is 5.71. The van der Waals surface area contributed by atoms with Gasteiger partial charge in [0, 0.05) is 12.4 Å². The lowest BCUT2D eigenvalue weighted by Crippen LogP contribution is -2.14. The first-order chi connectivity index (χ1) is 8.74. The van der Waals surface area contributed by atoms with Gasteiger partial charge >= 0.3 is 0 Å². The lowest BCUT2D eigenvalue weighted by molar-refractivity contribution is -0.118. The Bertz CT molecular complexity index is 491. The average Bonchev–Trinajstić information content (AvgIpc) is 2.84. The summed E-state index contributed by atoms with van der Waals surface area (Å²) in [7, 11) is 0. The van der Waals surface area contributed by atoms with E-state index in [2.05, 4.69) is 5.10 Å². The second kappa shape index (κ2) is 5.86. The van der Waals surface area contributed by atoms with Crippen LogP contribution in [0.15, 0.2) is 42.7 Å². The SMILES string of the molecule is NC(=O)CCOc1ccc(Cn2cccn2)cc1. The minimum atomic E-state index is -0.356. The van der Waals surface area contributed by atoms with E-state index in [0.717, 1.165) is 17.9 Å². The maximum absolute atomic E-state index is 10.6. The zero-order valence-electron chi connectivity index (χ0n) is 9.95. The maximum atomic E-state index is 10.6. The van der Waals surface area contributed by atoms with Gasteiger partial charge in [0.25, 0.3) is 0 Å². The van der Waals surface area contributed by atoms with Crippen LogP contribution in [0, 0.1) is 0 Å². The van der Waals surface area contributed by atoms with Crippen LogP contribution in [-0.2, 0) is 11.3 Å². The van der Waals surface area contributed by atoms with E-state index in [1.165, 1.54) is 0 Å². The molecule has 2 rings (SSSR count). The molecule has 1 heterocycles. The molecule has 94 valence electrons. The van der Waals surface area contributed by atoms with Crippen molar-refractivity contribution in [2.45, 2.75) is 13.0 Å². The van der Waals surface area contributed by atoms with Gasteiger partial charge in [-0.3, -0.25) is 9.48 Å². The fourth-order valence-corrected chi connectivity index (χ4v) is 1.54. The fraction of sp³-hybridized carbons (Fsp3) is 0.231. The molecule has 18 heavy (non-hydrogen) atoms. The second-order valence-electron chi connectivity index (χ2n) is 3.91. The topological polar surface area (TPSA) is 70.1 Å². The van der Waals surface area contributed by atoms with Crippen LogP contribution in [0.4, 0.5) is 0 Å². The van der Waals surface area contributed by atoms with Crippen LogP contribution in [0.2, 0.25) is 0 Å². The van der Waals surface area contributed by atoms with E-state index in [4.69, 9.17) is 10.5 Å². The molecule has 0 atom stereocenters. The Labute approximate surface area is 105 Å². The molecule has 2 N–H and O–H groups in total. The number of rotatable bonds is 6. The maximum Gasteiger partial charge on any atom is 0.220 e. The number of benzene rings is 1. The molecule has 1 aromatic carbocycles. The van der Waals surface area contributed by atoms with E-state index in [1.807, 2.05) is 41.2 Å². The Kier molecular flexibility index (Phi) is 3.96. The predicted molar refractivity (Wildman–Crippen MR) is 67.1 cm³/mol. The molecule has 1 amide bonds. The molecular formula is C13H15N3O2. The zero-order valence-corrected chi connectivity index (χ0v) is 9.95. The van der Waals surface area contributed by atoms with E-state index in [0.29, 0.717) is 6.61 Å². The van der Waals surface area contributed by atoms with Gasteiger partial charge in [-0.2, -0.15) is 5.10 Å². The highest BCUT2D eigenvalue weighted by atomic mass is 16.5. The third kappa shape index (κ3) is 3.62. The molecule has 0 aliphatic heterocycles. The number of nitrogens with zero attached hydrogens (tertiary/aromatic N) is 2. The summed E-state index contributed by atoms with van der Waals surface area (Å²) in [5, 5.41) is 4.14. The van der Waals surface area contributed by atoms with Gasteiger partial charge in [0.15, 0.2) is 0 Å². The molecule has 0 bridgehead atoms. The van der Waals surface area contributed by atoms with Gasteiger partial charge < -0.3 is 10.5 Å². The predicted octanol–water partition coefficient (Wildman–Crippen LogP) is 1.19. The summed E-state index contributed by atoms with van der Waals surface area (Å²) in [4.78, 5) is 10.6. The van der Waals surface area contributed by atoms with Crippen molar-refractivity contribution >= 4 is 5.91 Å². The van der Waals surface area contributed by atoms with Crippen molar-refractivity contribution in [3.63, 3.8) is 0 Å². The molecular weight excluding hydrogens is 230 g/mol. The molecule has 0 saturated heterocycles. The molecule has 0 saturated carbocycles. The van der Waals surface area contributed by atoms with Crippen LogP contribution in [-0.4, -0.2) is 22.3 Å². The van der Waals surface area contributed by atoms with Gasteiger partial charge in [-0.25, -0.2) is 0 Å². The third-order valence-electron chi connectivity index (χ3n) is 2.44. The third-order valence-corrected chi connectivity index (χ3v) is 2.44. The summed E-state index contributed by atoms with van der Waals surface area (Å²) >= 11 is 0. The average molecular weight is 245 g/mol. The molecule has 0 aliphatic rings. The summed E-state index contributed by atoms with van der Waals surface area (Å²) in [6.45, 7) is 1.04. The van der Waals surface area contributed by atoms with Gasteiger partial charge in [0.1, 0.15) is 5.75 Å². The van der Waals surface area contributed by atoms with Crippen molar-refractivity contribution in [1.29, 1.82) is 0 Å². The first-order valence-corrected chi connectivity index (χ1v) is 5.71. The number of nitrogens with two attached hydrogens (primary N) is 1. The number of carbonyl (C=O) groups excluding carboxylic acids is 1. The van der Waals surface area contributed by atoms with Crippen LogP contribution in [0.1, 0.15) is 12.0 Å². The lowest BCUT2D eigenvalue weighted by Gasteiger charge is -2.06. The van der Waals surface area contributed by atoms with Gasteiger partial charge in [-0.1, -0.05) is 12.1 Å². The molecule has 0 aliphatic carbocycles. The number of hydrogen-bond acceptors (Lipinski definition) is 3. The van der Waals surface area contributed by atoms with Gasteiger partial charge in [0.05, 0.1) is 19.6 Å². The van der Waals surface area contributed by atoms with Crippen LogP contribution in [0.3, 0.4) is 0 Å². The van der Waals surface area contributed by atoms with Crippen LogP contribution in [0.5, 0.6) is 5.75 Å². The van der Waals surface area contributed by atoms with E-state index >= 15 is 0 Å². The highest BCUT2D eigenvalue weighted by molar-refractivity contribution is 5.73. The number of carbonyl (C=O) groups is 1. The molecule has 0 radical (unpaired) electrons. The monoisotopic (exact) mass is 245 g/mol. The minimum Gasteiger partial charge on any atom is -0.493 e. The molecule has 2 aromatic rings. The van der Waals surface area contributed by atoms with E-state index in [1.54, 1.807) is 6.20 Å². The number of hydrogen-bond donors (Lipinski definition) is 1. The number of ether oxygens (including phenoxy) is 1. The second-order valence-corrected chi connectivity index (χ2v) is 3.91. The quantitative estimate of drug-likeness (QED) is 0.831. The largest absolute Gasteiger partial charge is 0.493 e. The molecule has 5 heteroatoms. The summed E-state index contributed by atoms with van der Waals surface area (Å²) < 4.78 is 7.23. The highest BCUT2D eigenvalue weighted by Gasteiger charge is 1.99. The Hall–Kier alpha value is -2.30. The highest BCUT2D eigenvalue weighted by Crippen LogP contribution is 2.13. The standard InChI is InChI=1S/C13H15N3O2/c14-13(17)6-9-18-12-4-2-11(3-5-12)10-16-8-1-7-15-16/h1-5,7-8H,6,9-10H2,(H2,14,17). The van der Waals surface area contributed by atoms with Crippen molar-refractivity contribution in [2.24, 2.45) is 5.73 Å². The van der Waals surface area contributed by atoms with Crippen LogP contribution in [0.25, 0.3) is 0 Å². The normalized spacial score (nSPS) is 10.2. The van der Waals surface area contributed by atoms with E-state index in [-0.39, 0.29) is 12.3 Å². The van der Waals surface area contributed by atoms with Crippen LogP contribution >= 0.6 is 0 Å². The van der Waals surface area contributed by atoms with E-state index < -0.39 is 0 Å². The first kappa shape index (κ1) is 12.2. The van der Waals surface area contributed by atoms with Crippen molar-refractivity contribution in [1.82, 2.24) is 9.78 Å². The summed E-state index contributed by atoms with van der Waals surface area (Å²) in [5.74, 6) is 0.380. The van der Waals surface area contributed by atoms with Crippen molar-refractivity contribution in [3.8, 4) is 5.75 Å². The summed E-state index contributed by atoms with van der Waals surface area (Å²) in [5.41, 5.74) is 6.17. The molecule has 1 aromatic heterocycles. The van der Waals surface area contributed by atoms with Crippen molar-refractivity contribution in [2.75, 3.05) is 6.61 Å². The zero-order chi connectivity index (χ0) is 12.8. The van der Waals surface area contributed by atoms with Crippen molar-refractivity contribution in [3.05, 3.63) is 48.3 Å². The van der Waals surface area contributed by atoms with Crippen LogP contribution < -0.4 is 10.5 Å². The van der Waals surface area contributed by atoms with Gasteiger partial charge in [-0.05, 0) is 23.8 Å². The van der Waals surface area contributed by atoms with Gasteiger partial charge in [-0.15, -0.1) is 0 Å². The fourth-order valence-electron chi connectivity index (χ4n) is 1.54. The number of aromatic nitrogens is 2. The summed E-state index contributed by atoms with van der Waals surface area (Å²) in [6.07, 6.45) is 3.90. The Morgan fingerprint density at radius 1 is 1.33 bits per heavy atom. The number of primary amides is 1. The molecule has 0 fully saturated rings. The smallest absolute Gasteiger partial charge is 0.220 e. The Morgan fingerprint density at radius 2 is 2.11 bits per heavy atom. The number of amides is 1. The Balaban J connectivity index is 1.87. The van der Waals surface area contributed by atoms with Crippen molar-refractivity contribution < 1.29 is 9.53 Å². The van der Waals surface area contributed by atoms with E-state index in [9.17, 15) is 4.79 Å².